The van der Waals surface area contributed by atoms with Gasteiger partial charge in [0.1, 0.15) is 0 Å². The van der Waals surface area contributed by atoms with Crippen molar-refractivity contribution in [1.29, 1.82) is 0 Å². The van der Waals surface area contributed by atoms with Crippen LogP contribution in [0.4, 0.5) is 0 Å². The molecule has 2 atom stereocenters. The Balaban J connectivity index is 1.83. The molecule has 0 spiro atoms. The van der Waals surface area contributed by atoms with Gasteiger partial charge in [0.25, 0.3) is 5.56 Å². The van der Waals surface area contributed by atoms with E-state index in [9.17, 15) is 14.7 Å². The number of fused-ring (bicyclic) bond motifs is 5. The van der Waals surface area contributed by atoms with Crippen molar-refractivity contribution < 1.29 is 14.6 Å². The highest BCUT2D eigenvalue weighted by Gasteiger charge is 2.48. The number of pyridine rings is 2. The van der Waals surface area contributed by atoms with Gasteiger partial charge >= 0.3 is 5.97 Å². The molecule has 3 aromatic rings. The summed E-state index contributed by atoms with van der Waals surface area (Å²) in [4.78, 5) is 30.5. The minimum absolute atomic E-state index is 0.101. The molecule has 1 unspecified atom stereocenters. The van der Waals surface area contributed by atoms with E-state index in [-0.39, 0.29) is 23.1 Å². The Morgan fingerprint density at radius 2 is 2.14 bits per heavy atom. The van der Waals surface area contributed by atoms with Crippen LogP contribution in [-0.4, -0.2) is 20.6 Å². The number of aliphatic hydroxyl groups is 1. The maximum atomic E-state index is 13.3. The zero-order valence-electron chi connectivity index (χ0n) is 15.3. The zero-order valence-corrected chi connectivity index (χ0v) is 15.3. The molecular formula is C22H18N2O4. The van der Waals surface area contributed by atoms with Crippen LogP contribution in [0, 0.1) is 0 Å². The van der Waals surface area contributed by atoms with Gasteiger partial charge in [0.05, 0.1) is 29.0 Å². The van der Waals surface area contributed by atoms with Crippen LogP contribution in [0.15, 0.2) is 53.8 Å². The summed E-state index contributed by atoms with van der Waals surface area (Å²) in [6, 6.07) is 11.5. The Morgan fingerprint density at radius 1 is 1.36 bits per heavy atom. The predicted molar refractivity (Wildman–Crippen MR) is 104 cm³/mol. The van der Waals surface area contributed by atoms with E-state index in [1.807, 2.05) is 30.3 Å². The molecule has 6 heteroatoms. The largest absolute Gasteiger partial charge is 0.451 e. The quantitative estimate of drug-likeness (QED) is 0.431. The fraction of sp³-hybridized carbons (Fsp3) is 0.227. The van der Waals surface area contributed by atoms with Gasteiger partial charge in [-0.05, 0) is 30.7 Å². The van der Waals surface area contributed by atoms with Gasteiger partial charge in [-0.15, -0.1) is 0 Å². The van der Waals surface area contributed by atoms with Gasteiger partial charge in [0, 0.05) is 16.5 Å². The lowest BCUT2D eigenvalue weighted by Gasteiger charge is -2.35. The molecule has 0 fully saturated rings. The average Bonchev–Trinajstić information content (AvgIpc) is 3.07. The summed E-state index contributed by atoms with van der Waals surface area (Å²) >= 11 is 0. The molecule has 28 heavy (non-hydrogen) atoms. The van der Waals surface area contributed by atoms with E-state index in [2.05, 4.69) is 6.58 Å². The normalized spacial score (nSPS) is 22.4. The van der Waals surface area contributed by atoms with E-state index < -0.39 is 17.7 Å². The summed E-state index contributed by atoms with van der Waals surface area (Å²) in [6.45, 7) is 5.75. The maximum Gasteiger partial charge on any atom is 0.343 e. The molecular weight excluding hydrogens is 356 g/mol. The van der Waals surface area contributed by atoms with E-state index in [1.54, 1.807) is 17.6 Å². The van der Waals surface area contributed by atoms with Gasteiger partial charge in [-0.3, -0.25) is 4.79 Å². The number of cyclic esters (lactones) is 1. The standard InChI is InChI=1S/C22H18N2O4/c1-3-17-18-14(22(27,4-2)21(26)28-17)10-16-19-13(11-24(16)20(18)25)9-12-7-5-6-8-15(12)23-19/h3,5-10,17,27H,1,4,11H2,2H3/t17?,22-/m0/s1. The van der Waals surface area contributed by atoms with Gasteiger partial charge in [0.15, 0.2) is 11.7 Å². The third kappa shape index (κ3) is 2.03. The Kier molecular flexibility index (Phi) is 3.39. The van der Waals surface area contributed by atoms with Crippen molar-refractivity contribution in [2.75, 3.05) is 0 Å². The average molecular weight is 374 g/mol. The van der Waals surface area contributed by atoms with E-state index >= 15 is 0 Å². The van der Waals surface area contributed by atoms with Crippen LogP contribution < -0.4 is 5.56 Å². The molecule has 5 rings (SSSR count). The minimum Gasteiger partial charge on any atom is -0.451 e. The fourth-order valence-corrected chi connectivity index (χ4v) is 4.19. The van der Waals surface area contributed by atoms with Gasteiger partial charge in [-0.1, -0.05) is 31.7 Å². The SMILES string of the molecule is C=CC1OC(=O)[C@](O)(CC)c2cc3n(c(=O)c21)Cc1cc2ccccc2nc1-3. The number of ether oxygens (including phenoxy) is 1. The lowest BCUT2D eigenvalue weighted by atomic mass is 9.83. The van der Waals surface area contributed by atoms with Crippen LogP contribution in [0.3, 0.4) is 0 Å². The Labute approximate surface area is 160 Å². The third-order valence-corrected chi connectivity index (χ3v) is 5.74. The van der Waals surface area contributed by atoms with Gasteiger partial charge in [-0.25, -0.2) is 9.78 Å². The van der Waals surface area contributed by atoms with Crippen molar-refractivity contribution in [3.8, 4) is 11.4 Å². The van der Waals surface area contributed by atoms with Crippen LogP contribution in [0.2, 0.25) is 0 Å². The lowest BCUT2D eigenvalue weighted by Crippen LogP contribution is -2.45. The summed E-state index contributed by atoms with van der Waals surface area (Å²) in [5.41, 5.74) is 1.46. The monoisotopic (exact) mass is 374 g/mol. The molecule has 4 heterocycles. The molecule has 1 N–H and O–H groups in total. The van der Waals surface area contributed by atoms with Crippen LogP contribution in [0.5, 0.6) is 0 Å². The molecule has 0 saturated carbocycles. The lowest BCUT2D eigenvalue weighted by molar-refractivity contribution is -0.175. The molecule has 1 aromatic carbocycles. The highest BCUT2D eigenvalue weighted by atomic mass is 16.6. The molecule has 0 aliphatic carbocycles. The van der Waals surface area contributed by atoms with Gasteiger partial charge in [0.2, 0.25) is 0 Å². The number of nitrogens with zero attached hydrogens (tertiary/aromatic N) is 2. The summed E-state index contributed by atoms with van der Waals surface area (Å²) in [5.74, 6) is -0.763. The molecule has 6 nitrogen and oxygen atoms in total. The number of para-hydroxylation sites is 1. The summed E-state index contributed by atoms with van der Waals surface area (Å²) in [6.07, 6.45) is 0.633. The van der Waals surface area contributed by atoms with Crippen LogP contribution >= 0.6 is 0 Å². The van der Waals surface area contributed by atoms with Crippen molar-refractivity contribution in [2.45, 2.75) is 31.6 Å². The smallest absolute Gasteiger partial charge is 0.343 e. The second-order valence-corrected chi connectivity index (χ2v) is 7.21. The van der Waals surface area contributed by atoms with Crippen molar-refractivity contribution >= 4 is 16.9 Å². The molecule has 0 bridgehead atoms. The van der Waals surface area contributed by atoms with E-state index in [1.165, 1.54) is 6.08 Å². The van der Waals surface area contributed by atoms with Crippen LogP contribution in [-0.2, 0) is 21.7 Å². The van der Waals surface area contributed by atoms with Crippen molar-refractivity contribution in [3.63, 3.8) is 0 Å². The summed E-state index contributed by atoms with van der Waals surface area (Å²) in [7, 11) is 0. The highest BCUT2D eigenvalue weighted by molar-refractivity contribution is 5.86. The highest BCUT2D eigenvalue weighted by Crippen LogP contribution is 2.42. The third-order valence-electron chi connectivity index (χ3n) is 5.74. The summed E-state index contributed by atoms with van der Waals surface area (Å²) < 4.78 is 6.94. The topological polar surface area (TPSA) is 81.4 Å². The van der Waals surface area contributed by atoms with Gasteiger partial charge < -0.3 is 14.4 Å². The Hall–Kier alpha value is -3.25. The van der Waals surface area contributed by atoms with Crippen molar-refractivity contribution in [3.05, 3.63) is 76.1 Å². The number of carbonyl (C=O) groups is 1. The number of rotatable bonds is 2. The number of aromatic nitrogens is 2. The Morgan fingerprint density at radius 3 is 2.89 bits per heavy atom. The first kappa shape index (κ1) is 16.9. The minimum atomic E-state index is -1.86. The first-order valence-electron chi connectivity index (χ1n) is 9.21. The molecule has 0 radical (unpaired) electrons. The maximum absolute atomic E-state index is 13.3. The molecule has 2 aromatic heterocycles. The van der Waals surface area contributed by atoms with E-state index in [4.69, 9.17) is 9.72 Å². The first-order valence-corrected chi connectivity index (χ1v) is 9.21. The molecule has 2 aliphatic rings. The second kappa shape index (κ2) is 5.62. The van der Waals surface area contributed by atoms with Crippen molar-refractivity contribution in [2.24, 2.45) is 0 Å². The van der Waals surface area contributed by atoms with Crippen LogP contribution in [0.1, 0.15) is 36.1 Å². The predicted octanol–water partition coefficient (Wildman–Crippen LogP) is 2.81. The second-order valence-electron chi connectivity index (χ2n) is 7.21. The zero-order chi connectivity index (χ0) is 19.6. The fourth-order valence-electron chi connectivity index (χ4n) is 4.19. The number of benzene rings is 1. The van der Waals surface area contributed by atoms with Crippen LogP contribution in [0.25, 0.3) is 22.3 Å². The van der Waals surface area contributed by atoms with E-state index in [0.29, 0.717) is 17.9 Å². The molecule has 2 aliphatic heterocycles. The summed E-state index contributed by atoms with van der Waals surface area (Å²) in [5, 5.41) is 12.0. The molecule has 0 amide bonds. The van der Waals surface area contributed by atoms with Gasteiger partial charge in [-0.2, -0.15) is 0 Å². The Bertz CT molecular complexity index is 1240. The van der Waals surface area contributed by atoms with E-state index in [0.717, 1.165) is 16.5 Å². The first-order chi connectivity index (χ1) is 13.5. The molecule has 140 valence electrons. The molecule has 0 saturated heterocycles. The number of hydrogen-bond acceptors (Lipinski definition) is 5. The number of carbonyl (C=O) groups excluding carboxylic acids is 1. The van der Waals surface area contributed by atoms with Crippen molar-refractivity contribution in [1.82, 2.24) is 9.55 Å². The number of hydrogen-bond donors (Lipinski definition) is 1. The number of esters is 1.